The number of nitrogens with zero attached hydrogens (tertiary/aromatic N) is 5. The number of anilines is 11. The van der Waals surface area contributed by atoms with Gasteiger partial charge in [-0.15, -0.1) is 0 Å². The van der Waals surface area contributed by atoms with Gasteiger partial charge < -0.3 is 24.5 Å². The summed E-state index contributed by atoms with van der Waals surface area (Å²) in [5.74, 6) is 2.01. The van der Waals surface area contributed by atoms with Crippen LogP contribution in [-0.4, -0.2) is 31.0 Å². The van der Waals surface area contributed by atoms with Crippen molar-refractivity contribution in [3.05, 3.63) is 342 Å². The number of allylic oxidation sites excluding steroid dienone is 6. The maximum atomic E-state index is 3.00. The molecule has 12 aromatic rings. The Morgan fingerprint density at radius 1 is 0.369 bits per heavy atom. The van der Waals surface area contributed by atoms with Crippen LogP contribution in [0.15, 0.2) is 326 Å². The van der Waals surface area contributed by atoms with Crippen LogP contribution >= 0.6 is 0 Å². The summed E-state index contributed by atoms with van der Waals surface area (Å²) in [7, 11) is 0. The molecule has 5 atom stereocenters. The molecule has 536 valence electrons. The highest BCUT2D eigenvalue weighted by molar-refractivity contribution is 7.03. The van der Waals surface area contributed by atoms with E-state index in [0.29, 0.717) is 12.1 Å². The van der Waals surface area contributed by atoms with E-state index in [9.17, 15) is 0 Å². The third-order valence-electron chi connectivity index (χ3n) is 28.0. The van der Waals surface area contributed by atoms with Crippen molar-refractivity contribution in [3.63, 3.8) is 0 Å². The Bertz CT molecular complexity index is 5980. The third-order valence-corrected chi connectivity index (χ3v) is 28.0. The van der Waals surface area contributed by atoms with Crippen LogP contribution in [0.5, 0.6) is 0 Å². The average molecular weight is 1430 g/mol. The Morgan fingerprint density at radius 3 is 1.45 bits per heavy atom. The molecule has 2 saturated carbocycles. The second kappa shape index (κ2) is 24.2. The Kier molecular flexibility index (Phi) is 14.3. The maximum Gasteiger partial charge on any atom is 0.252 e. The number of hydrogen-bond acceptors (Lipinski definition) is 5. The summed E-state index contributed by atoms with van der Waals surface area (Å²) in [6.45, 7) is 17.3. The standard InChI is InChI=1S/C104H89B2N5/c1-63-46-83-65(3)99-66(4)91(47-64(2)98(63)99)109-92-61-93-88(60-87(92)105-85-42-26-28-44-89(85)108(77-40-24-13-25-41-77)95-58-80(59-96(109)100(95)105)107-78-49-67-48-68(51-78)52-79(107)50-67)106-86-43-27-29-45-90(86)110(102-81(71-34-18-10-19-35-71)53-74(69-30-14-8-15-31-69)54-82(102)72-36-20-11-21-37-72)94-56-76(103(5,6)7)57-97(101(94)106)111(93)104(83)62-75(70-32-16-9-17-33-70)55-84(104)73-38-22-12-23-39-73/h8-47,53-68,78-79H,48-52H2,1-7H3. The Balaban J connectivity index is 0.894. The minimum absolute atomic E-state index is 0.00855. The number of fused-ring (bicyclic) bond motifs is 13. The second-order valence-corrected chi connectivity index (χ2v) is 35.2. The van der Waals surface area contributed by atoms with Gasteiger partial charge in [-0.05, 0) is 229 Å². The van der Waals surface area contributed by atoms with Crippen LogP contribution in [0.2, 0.25) is 0 Å². The van der Waals surface area contributed by atoms with E-state index >= 15 is 0 Å². The van der Waals surface area contributed by atoms with Gasteiger partial charge in [-0.2, -0.15) is 0 Å². The highest BCUT2D eigenvalue weighted by Gasteiger charge is 2.59. The largest absolute Gasteiger partial charge is 0.365 e. The topological polar surface area (TPSA) is 16.2 Å². The van der Waals surface area contributed by atoms with E-state index in [1.54, 1.807) is 11.1 Å². The second-order valence-electron chi connectivity index (χ2n) is 35.2. The first kappa shape index (κ1) is 65.4. The zero-order valence-corrected chi connectivity index (χ0v) is 64.4. The van der Waals surface area contributed by atoms with Crippen LogP contribution in [0.1, 0.15) is 97.3 Å². The van der Waals surface area contributed by atoms with Gasteiger partial charge in [0, 0.05) is 97.6 Å². The van der Waals surface area contributed by atoms with E-state index < -0.39 is 5.54 Å². The summed E-state index contributed by atoms with van der Waals surface area (Å²) in [5, 5.41) is 0. The SMILES string of the molecule is CC1C=C2C(C)C3=C1C(C)C=C(C3C)C1(C=C(c3ccccc3)C=C1c1ccccc1)N1c3cc4c(cc3B3c5ccccc5N(c5c(-c6ccccc6)cc(-c6ccccc6)cc5-c5ccccc5)c5cc(C(C)(C)C)cc1c53)B1c3ccccc3N(c3ccccc3)c3cc(N5C6CC7CC(C6)CC5C7)cc(c31)N24. The van der Waals surface area contributed by atoms with Gasteiger partial charge in [0.05, 0.1) is 5.69 Å². The number of hydrogen-bond donors (Lipinski definition) is 0. The van der Waals surface area contributed by atoms with Gasteiger partial charge in [0.1, 0.15) is 5.54 Å². The van der Waals surface area contributed by atoms with Crippen LogP contribution < -0.4 is 57.3 Å². The third kappa shape index (κ3) is 9.45. The summed E-state index contributed by atoms with van der Waals surface area (Å²) < 4.78 is 0. The van der Waals surface area contributed by atoms with Crippen molar-refractivity contribution < 1.29 is 0 Å². The molecule has 7 heterocycles. The monoisotopic (exact) mass is 1430 g/mol. The van der Waals surface area contributed by atoms with Gasteiger partial charge in [0.2, 0.25) is 0 Å². The minimum atomic E-state index is -0.909. The van der Waals surface area contributed by atoms with E-state index in [2.05, 4.69) is 376 Å². The van der Waals surface area contributed by atoms with Crippen molar-refractivity contribution in [2.75, 3.05) is 24.5 Å². The highest BCUT2D eigenvalue weighted by atomic mass is 15.3. The first-order valence-electron chi connectivity index (χ1n) is 41.2. The predicted octanol–water partition coefficient (Wildman–Crippen LogP) is 21.9. The molecule has 111 heavy (non-hydrogen) atoms. The van der Waals surface area contributed by atoms with Gasteiger partial charge >= 0.3 is 0 Å². The van der Waals surface area contributed by atoms with Gasteiger partial charge in [-0.25, -0.2) is 0 Å². The van der Waals surface area contributed by atoms with Gasteiger partial charge in [-0.3, -0.25) is 0 Å². The van der Waals surface area contributed by atoms with Gasteiger partial charge in [0.25, 0.3) is 13.4 Å². The normalized spacial score (nSPS) is 23.5. The molecule has 0 radical (unpaired) electrons. The number of rotatable bonds is 8. The van der Waals surface area contributed by atoms with E-state index in [-0.39, 0.29) is 42.5 Å². The van der Waals surface area contributed by atoms with E-state index in [1.165, 1.54) is 194 Å². The van der Waals surface area contributed by atoms with E-state index in [1.807, 2.05) is 0 Å². The summed E-state index contributed by atoms with van der Waals surface area (Å²) in [6, 6.07) is 110. The Hall–Kier alpha value is -11.5. The first-order valence-corrected chi connectivity index (χ1v) is 41.2. The molecule has 1 spiro atoms. The fourth-order valence-electron chi connectivity index (χ4n) is 23.8. The molecule has 24 rings (SSSR count). The van der Waals surface area contributed by atoms with Crippen molar-refractivity contribution >= 4 is 120 Å². The molecule has 0 amide bonds. The summed E-state index contributed by atoms with van der Waals surface area (Å²) in [4.78, 5) is 14.3. The Labute approximate surface area is 655 Å². The summed E-state index contributed by atoms with van der Waals surface area (Å²) in [5.41, 5.74) is 40.0. The van der Waals surface area contributed by atoms with Gasteiger partial charge in [-0.1, -0.05) is 284 Å². The van der Waals surface area contributed by atoms with Crippen molar-refractivity contribution in [3.8, 4) is 33.4 Å². The fraction of sp³-hybridized carbons (Fsp3) is 0.212. The lowest BCUT2D eigenvalue weighted by Crippen LogP contribution is -2.67. The molecule has 12 aliphatic rings. The number of benzene rings is 12. The van der Waals surface area contributed by atoms with E-state index in [4.69, 9.17) is 0 Å². The van der Waals surface area contributed by atoms with Crippen molar-refractivity contribution in [2.24, 2.45) is 35.5 Å². The molecule has 7 heteroatoms. The molecule has 0 N–H and O–H groups in total. The highest BCUT2D eigenvalue weighted by Crippen LogP contribution is 2.63. The maximum absolute atomic E-state index is 3.00. The van der Waals surface area contributed by atoms with Crippen LogP contribution in [0.25, 0.3) is 44.5 Å². The molecule has 12 aromatic carbocycles. The molecule has 4 fully saturated rings. The molecule has 2 saturated heterocycles. The first-order chi connectivity index (χ1) is 54.3. The van der Waals surface area contributed by atoms with Gasteiger partial charge in [0.15, 0.2) is 0 Å². The smallest absolute Gasteiger partial charge is 0.252 e. The summed E-state index contributed by atoms with van der Waals surface area (Å²) >= 11 is 0. The molecular formula is C104H89B2N5. The quantitative estimate of drug-likeness (QED) is 0.111. The summed E-state index contributed by atoms with van der Waals surface area (Å²) in [6.07, 6.45) is 17.5. The van der Waals surface area contributed by atoms with Crippen molar-refractivity contribution in [2.45, 2.75) is 104 Å². The molecular weight excluding hydrogens is 1340 g/mol. The lowest BCUT2D eigenvalue weighted by atomic mass is 9.30. The lowest BCUT2D eigenvalue weighted by Gasteiger charge is -2.58. The molecule has 5 unspecified atom stereocenters. The molecule has 0 aromatic heterocycles. The zero-order valence-electron chi connectivity index (χ0n) is 64.4. The predicted molar refractivity (Wildman–Crippen MR) is 469 cm³/mol. The van der Waals surface area contributed by atoms with Crippen LogP contribution in [0.3, 0.4) is 0 Å². The number of para-hydroxylation sites is 3. The molecule has 9 bridgehead atoms. The zero-order chi connectivity index (χ0) is 74.0. The van der Waals surface area contributed by atoms with Crippen molar-refractivity contribution in [1.82, 2.24) is 0 Å². The molecule has 5 nitrogen and oxygen atoms in total. The van der Waals surface area contributed by atoms with Crippen LogP contribution in [-0.2, 0) is 5.41 Å². The van der Waals surface area contributed by atoms with Crippen molar-refractivity contribution in [1.29, 1.82) is 0 Å². The molecule has 5 aliphatic carbocycles. The minimum Gasteiger partial charge on any atom is -0.365 e. The lowest BCUT2D eigenvalue weighted by molar-refractivity contribution is 0.0900. The van der Waals surface area contributed by atoms with Crippen LogP contribution in [0, 0.1) is 35.5 Å². The van der Waals surface area contributed by atoms with Crippen LogP contribution in [0.4, 0.5) is 62.6 Å². The number of piperidine rings is 2. The Morgan fingerprint density at radius 2 is 0.856 bits per heavy atom. The average Bonchev–Trinajstić information content (AvgIpc) is 1.66. The fourth-order valence-corrected chi connectivity index (χ4v) is 23.8. The van der Waals surface area contributed by atoms with E-state index in [0.717, 1.165) is 17.5 Å². The molecule has 7 aliphatic heterocycles.